The van der Waals surface area contributed by atoms with Gasteiger partial charge in [0.15, 0.2) is 5.78 Å². The standard InChI is InChI=1S/C34H49N3O8/c1-8-43-31(42)37-18-16-36(17-19-37)28(39)24(29(40)44-21-23-12-10-9-11-13-23)20-25(30(41)45-32(3,4)5)35-34-26(33(34,6)7)15-14-22(2)27(34)38/h9-13,22,24-26,35H,8,14-21H2,1-7H3/t22?,24-,25?,26?,34?/m0/s1. The number of hydrogen-bond donors (Lipinski definition) is 1. The third kappa shape index (κ3) is 7.34. The van der Waals surface area contributed by atoms with Crippen molar-refractivity contribution < 1.29 is 38.2 Å². The second-order valence-electron chi connectivity index (χ2n) is 14.0. The molecule has 4 rings (SSSR count). The van der Waals surface area contributed by atoms with Crippen molar-refractivity contribution in [1.29, 1.82) is 0 Å². The van der Waals surface area contributed by atoms with Crippen molar-refractivity contribution in [3.05, 3.63) is 35.9 Å². The summed E-state index contributed by atoms with van der Waals surface area (Å²) in [5, 5.41) is 3.38. The lowest BCUT2D eigenvalue weighted by atomic mass is 9.83. The van der Waals surface area contributed by atoms with Crippen LogP contribution in [-0.4, -0.2) is 89.5 Å². The van der Waals surface area contributed by atoms with Crippen LogP contribution in [0.5, 0.6) is 0 Å². The summed E-state index contributed by atoms with van der Waals surface area (Å²) in [6.45, 7) is 14.0. The lowest BCUT2D eigenvalue weighted by Gasteiger charge is -2.37. The van der Waals surface area contributed by atoms with Gasteiger partial charge >= 0.3 is 18.0 Å². The number of hydrogen-bond acceptors (Lipinski definition) is 9. The van der Waals surface area contributed by atoms with Gasteiger partial charge in [0.05, 0.1) is 12.1 Å². The Labute approximate surface area is 266 Å². The van der Waals surface area contributed by atoms with Gasteiger partial charge in [-0.2, -0.15) is 0 Å². The van der Waals surface area contributed by atoms with E-state index in [0.29, 0.717) is 0 Å². The molecule has 5 atom stereocenters. The van der Waals surface area contributed by atoms with E-state index < -0.39 is 52.5 Å². The Balaban J connectivity index is 1.61. The van der Waals surface area contributed by atoms with E-state index in [0.717, 1.165) is 18.4 Å². The fraction of sp³-hybridized carbons (Fsp3) is 0.676. The second-order valence-corrected chi connectivity index (χ2v) is 14.0. The summed E-state index contributed by atoms with van der Waals surface area (Å²) in [4.78, 5) is 70.6. The van der Waals surface area contributed by atoms with Crippen LogP contribution in [0.2, 0.25) is 0 Å². The summed E-state index contributed by atoms with van der Waals surface area (Å²) in [5.41, 5.74) is -1.45. The maximum atomic E-state index is 14.1. The minimum atomic E-state index is -1.35. The molecule has 2 saturated carbocycles. The summed E-state index contributed by atoms with van der Waals surface area (Å²) >= 11 is 0. The third-order valence-electron chi connectivity index (χ3n) is 9.54. The maximum absolute atomic E-state index is 14.1. The summed E-state index contributed by atoms with van der Waals surface area (Å²) in [6, 6.07) is 8.01. The number of rotatable bonds is 10. The summed E-state index contributed by atoms with van der Waals surface area (Å²) in [6.07, 6.45) is 0.911. The van der Waals surface area contributed by atoms with E-state index in [4.69, 9.17) is 14.2 Å². The van der Waals surface area contributed by atoms with Crippen molar-refractivity contribution in [2.24, 2.45) is 23.2 Å². The zero-order valence-electron chi connectivity index (χ0n) is 27.7. The van der Waals surface area contributed by atoms with Crippen molar-refractivity contribution in [2.45, 2.75) is 91.5 Å². The molecule has 3 aliphatic rings. The number of ether oxygens (including phenoxy) is 3. The van der Waals surface area contributed by atoms with Gasteiger partial charge in [0.2, 0.25) is 5.91 Å². The zero-order valence-corrected chi connectivity index (χ0v) is 27.7. The molecule has 3 fully saturated rings. The molecule has 4 unspecified atom stereocenters. The van der Waals surface area contributed by atoms with Crippen LogP contribution in [0.25, 0.3) is 0 Å². The van der Waals surface area contributed by atoms with Crippen molar-refractivity contribution in [1.82, 2.24) is 15.1 Å². The third-order valence-corrected chi connectivity index (χ3v) is 9.54. The molecular weight excluding hydrogens is 578 g/mol. The molecule has 1 aliphatic heterocycles. The minimum absolute atomic E-state index is 0.0220. The summed E-state index contributed by atoms with van der Waals surface area (Å²) < 4.78 is 16.5. The average Bonchev–Trinajstić information content (AvgIpc) is 3.49. The molecule has 0 radical (unpaired) electrons. The van der Waals surface area contributed by atoms with E-state index in [2.05, 4.69) is 5.32 Å². The zero-order chi connectivity index (χ0) is 33.2. The molecule has 2 aliphatic carbocycles. The Hall–Kier alpha value is -3.47. The molecule has 1 saturated heterocycles. The number of Topliss-reactive ketones (excluding diaryl/α,β-unsaturated/α-hetero) is 1. The predicted molar refractivity (Wildman–Crippen MR) is 166 cm³/mol. The number of carbonyl (C=O) groups is 5. The number of fused-ring (bicyclic) bond motifs is 1. The second kappa shape index (κ2) is 13.5. The number of nitrogens with zero attached hydrogens (tertiary/aromatic N) is 2. The fourth-order valence-corrected chi connectivity index (χ4v) is 7.00. The first-order valence-electron chi connectivity index (χ1n) is 16.1. The average molecular weight is 628 g/mol. The Kier molecular flexibility index (Phi) is 10.3. The normalized spacial score (nSPS) is 25.4. The van der Waals surface area contributed by atoms with Gasteiger partial charge in [-0.1, -0.05) is 51.1 Å². The SMILES string of the molecule is CCOC(=O)N1CCN(C(=O)[C@H](CC(NC23C(=O)C(C)CCC2C3(C)C)C(=O)OC(C)(C)C)C(=O)OCc2ccccc2)CC1. The van der Waals surface area contributed by atoms with Gasteiger partial charge in [-0.05, 0) is 63.9 Å². The van der Waals surface area contributed by atoms with E-state index in [1.807, 2.05) is 51.1 Å². The van der Waals surface area contributed by atoms with Gasteiger partial charge in [0.25, 0.3) is 0 Å². The van der Waals surface area contributed by atoms with Crippen LogP contribution < -0.4 is 5.32 Å². The van der Waals surface area contributed by atoms with Gasteiger partial charge in [-0.25, -0.2) is 4.79 Å². The number of piperazine rings is 1. The maximum Gasteiger partial charge on any atom is 0.409 e. The molecule has 11 nitrogen and oxygen atoms in total. The minimum Gasteiger partial charge on any atom is -0.460 e. The van der Waals surface area contributed by atoms with E-state index in [-0.39, 0.29) is 63.4 Å². The quantitative estimate of drug-likeness (QED) is 0.234. The molecule has 2 amide bonds. The van der Waals surface area contributed by atoms with Crippen LogP contribution in [0.3, 0.4) is 0 Å². The Bertz CT molecular complexity index is 1270. The monoisotopic (exact) mass is 627 g/mol. The first kappa shape index (κ1) is 34.4. The highest BCUT2D eigenvalue weighted by molar-refractivity contribution is 5.99. The van der Waals surface area contributed by atoms with E-state index in [1.54, 1.807) is 27.7 Å². The molecule has 1 aromatic rings. The van der Waals surface area contributed by atoms with Gasteiger partial charge in [-0.15, -0.1) is 0 Å². The van der Waals surface area contributed by atoms with Crippen molar-refractivity contribution in [3.63, 3.8) is 0 Å². The molecule has 0 aromatic heterocycles. The summed E-state index contributed by atoms with van der Waals surface area (Å²) in [7, 11) is 0. The number of benzene rings is 1. The van der Waals surface area contributed by atoms with Gasteiger partial charge in [0.1, 0.15) is 24.2 Å². The number of esters is 2. The lowest BCUT2D eigenvalue weighted by molar-refractivity contribution is -0.162. The Morgan fingerprint density at radius 2 is 1.58 bits per heavy atom. The van der Waals surface area contributed by atoms with E-state index >= 15 is 0 Å². The Morgan fingerprint density at radius 1 is 0.956 bits per heavy atom. The highest BCUT2D eigenvalue weighted by atomic mass is 16.6. The molecule has 1 N–H and O–H groups in total. The first-order chi connectivity index (χ1) is 21.1. The molecule has 1 aromatic carbocycles. The Morgan fingerprint density at radius 3 is 2.18 bits per heavy atom. The topological polar surface area (TPSA) is 132 Å². The van der Waals surface area contributed by atoms with Crippen LogP contribution in [0, 0.1) is 23.2 Å². The molecule has 0 bridgehead atoms. The van der Waals surface area contributed by atoms with Crippen LogP contribution in [0.4, 0.5) is 4.79 Å². The van der Waals surface area contributed by atoms with Crippen LogP contribution in [0.1, 0.15) is 73.3 Å². The van der Waals surface area contributed by atoms with Gasteiger partial charge < -0.3 is 24.0 Å². The number of carbonyl (C=O) groups excluding carboxylic acids is 5. The van der Waals surface area contributed by atoms with Crippen LogP contribution in [0.15, 0.2) is 30.3 Å². The molecular formula is C34H49N3O8. The number of amides is 2. The smallest absolute Gasteiger partial charge is 0.409 e. The number of nitrogens with one attached hydrogen (secondary N) is 1. The molecule has 248 valence electrons. The summed E-state index contributed by atoms with van der Waals surface area (Å²) in [5.74, 6) is -3.36. The van der Waals surface area contributed by atoms with Crippen molar-refractivity contribution in [2.75, 3.05) is 32.8 Å². The van der Waals surface area contributed by atoms with E-state index in [9.17, 15) is 24.0 Å². The van der Waals surface area contributed by atoms with E-state index in [1.165, 1.54) is 9.80 Å². The highest BCUT2D eigenvalue weighted by Gasteiger charge is 2.77. The van der Waals surface area contributed by atoms with Gasteiger partial charge in [-0.3, -0.25) is 24.5 Å². The van der Waals surface area contributed by atoms with Crippen LogP contribution in [-0.2, 0) is 40.0 Å². The molecule has 11 heteroatoms. The molecule has 45 heavy (non-hydrogen) atoms. The first-order valence-corrected chi connectivity index (χ1v) is 16.1. The fourth-order valence-electron chi connectivity index (χ4n) is 7.00. The molecule has 0 spiro atoms. The highest BCUT2D eigenvalue weighted by Crippen LogP contribution is 2.67. The van der Waals surface area contributed by atoms with Gasteiger partial charge in [0, 0.05) is 32.1 Å². The van der Waals surface area contributed by atoms with Crippen molar-refractivity contribution in [3.8, 4) is 0 Å². The lowest BCUT2D eigenvalue weighted by Crippen LogP contribution is -2.58. The van der Waals surface area contributed by atoms with Crippen molar-refractivity contribution >= 4 is 29.7 Å². The molecule has 1 heterocycles. The predicted octanol–water partition coefficient (Wildman–Crippen LogP) is 3.73. The largest absolute Gasteiger partial charge is 0.460 e. The van der Waals surface area contributed by atoms with Crippen LogP contribution >= 0.6 is 0 Å². The number of ketones is 1.